The molecule has 1 atom stereocenters. The SMILES string of the molecule is Cc1ccc(S(=O)(=O)CC(Cc2ccccc2)C(=O)OC(C)(C)C)cc1. The van der Waals surface area contributed by atoms with Crippen molar-refractivity contribution in [1.82, 2.24) is 0 Å². The first kappa shape index (κ1) is 20.2. The van der Waals surface area contributed by atoms with Gasteiger partial charge in [-0.3, -0.25) is 4.79 Å². The zero-order chi connectivity index (χ0) is 19.4. The van der Waals surface area contributed by atoms with Crippen molar-refractivity contribution in [1.29, 1.82) is 0 Å². The molecule has 5 heteroatoms. The van der Waals surface area contributed by atoms with Gasteiger partial charge in [0.05, 0.1) is 16.6 Å². The number of carbonyl (C=O) groups is 1. The molecule has 140 valence electrons. The summed E-state index contributed by atoms with van der Waals surface area (Å²) in [6, 6.07) is 16.1. The Bertz CT molecular complexity index is 832. The molecule has 0 saturated heterocycles. The Balaban J connectivity index is 2.27. The number of rotatable bonds is 6. The lowest BCUT2D eigenvalue weighted by Crippen LogP contribution is -2.33. The molecule has 0 heterocycles. The van der Waals surface area contributed by atoms with Crippen molar-refractivity contribution in [3.05, 3.63) is 65.7 Å². The van der Waals surface area contributed by atoms with E-state index in [0.717, 1.165) is 11.1 Å². The standard InChI is InChI=1S/C21H26O4S/c1-16-10-12-19(13-11-16)26(23,24)15-18(20(22)25-21(2,3)4)14-17-8-6-5-7-9-17/h5-13,18H,14-15H2,1-4H3. The molecule has 0 aromatic heterocycles. The second-order valence-corrected chi connectivity index (χ2v) is 9.55. The van der Waals surface area contributed by atoms with E-state index < -0.39 is 27.3 Å². The molecule has 0 aliphatic rings. The van der Waals surface area contributed by atoms with Crippen LogP contribution < -0.4 is 0 Å². The second kappa shape index (κ2) is 8.04. The minimum absolute atomic E-state index is 0.227. The summed E-state index contributed by atoms with van der Waals surface area (Å²) >= 11 is 0. The van der Waals surface area contributed by atoms with Crippen LogP contribution in [0.3, 0.4) is 0 Å². The number of hydrogen-bond donors (Lipinski definition) is 0. The van der Waals surface area contributed by atoms with E-state index in [1.54, 1.807) is 45.0 Å². The molecular formula is C21H26O4S. The van der Waals surface area contributed by atoms with E-state index in [0.29, 0.717) is 6.42 Å². The summed E-state index contributed by atoms with van der Waals surface area (Å²) in [5.41, 5.74) is 1.22. The maximum Gasteiger partial charge on any atom is 0.310 e. The van der Waals surface area contributed by atoms with Gasteiger partial charge in [-0.15, -0.1) is 0 Å². The van der Waals surface area contributed by atoms with Gasteiger partial charge in [-0.25, -0.2) is 8.42 Å². The first-order valence-electron chi connectivity index (χ1n) is 8.63. The lowest BCUT2D eigenvalue weighted by atomic mass is 10.0. The zero-order valence-electron chi connectivity index (χ0n) is 15.7. The molecule has 4 nitrogen and oxygen atoms in total. The number of benzene rings is 2. The number of ether oxygens (including phenoxy) is 1. The normalized spacial score (nSPS) is 13.2. The predicted octanol–water partition coefficient (Wildman–Crippen LogP) is 3.97. The highest BCUT2D eigenvalue weighted by molar-refractivity contribution is 7.91. The fourth-order valence-electron chi connectivity index (χ4n) is 2.60. The van der Waals surface area contributed by atoms with Gasteiger partial charge in [0.1, 0.15) is 5.60 Å². The van der Waals surface area contributed by atoms with Crippen molar-refractivity contribution in [2.24, 2.45) is 5.92 Å². The molecule has 0 saturated carbocycles. The van der Waals surface area contributed by atoms with Crippen LogP contribution in [0.1, 0.15) is 31.9 Å². The first-order valence-corrected chi connectivity index (χ1v) is 10.3. The van der Waals surface area contributed by atoms with Crippen LogP contribution in [0.2, 0.25) is 0 Å². The summed E-state index contributed by atoms with van der Waals surface area (Å²) in [5.74, 6) is -1.53. The molecule has 0 bridgehead atoms. The summed E-state index contributed by atoms with van der Waals surface area (Å²) < 4.78 is 31.1. The monoisotopic (exact) mass is 374 g/mol. The third kappa shape index (κ3) is 5.99. The molecule has 0 amide bonds. The fourth-order valence-corrected chi connectivity index (χ4v) is 4.13. The van der Waals surface area contributed by atoms with Gasteiger partial charge in [-0.1, -0.05) is 48.0 Å². The summed E-state index contributed by atoms with van der Waals surface area (Å²) in [4.78, 5) is 12.9. The molecule has 2 rings (SSSR count). The molecule has 0 spiro atoms. The van der Waals surface area contributed by atoms with Crippen LogP contribution in [-0.4, -0.2) is 25.7 Å². The Kier molecular flexibility index (Phi) is 6.24. The summed E-state index contributed by atoms with van der Waals surface area (Å²) in [5, 5.41) is 0. The van der Waals surface area contributed by atoms with Crippen LogP contribution in [0, 0.1) is 12.8 Å². The number of carbonyl (C=O) groups excluding carboxylic acids is 1. The smallest absolute Gasteiger partial charge is 0.310 e. The van der Waals surface area contributed by atoms with E-state index in [9.17, 15) is 13.2 Å². The van der Waals surface area contributed by atoms with E-state index in [4.69, 9.17) is 4.74 Å². The number of aryl methyl sites for hydroxylation is 1. The van der Waals surface area contributed by atoms with Crippen molar-refractivity contribution in [2.75, 3.05) is 5.75 Å². The average Bonchev–Trinajstić information content (AvgIpc) is 2.54. The summed E-state index contributed by atoms with van der Waals surface area (Å²) in [7, 11) is -3.60. The van der Waals surface area contributed by atoms with E-state index in [2.05, 4.69) is 0 Å². The van der Waals surface area contributed by atoms with Gasteiger partial charge in [-0.05, 0) is 51.8 Å². The molecule has 0 N–H and O–H groups in total. The molecule has 2 aromatic carbocycles. The van der Waals surface area contributed by atoms with E-state index in [-0.39, 0.29) is 10.6 Å². The van der Waals surface area contributed by atoms with Crippen LogP contribution >= 0.6 is 0 Å². The third-order valence-electron chi connectivity index (χ3n) is 3.87. The quantitative estimate of drug-likeness (QED) is 0.718. The van der Waals surface area contributed by atoms with Crippen LogP contribution in [0.5, 0.6) is 0 Å². The fraction of sp³-hybridized carbons (Fsp3) is 0.381. The molecule has 0 radical (unpaired) electrons. The van der Waals surface area contributed by atoms with Gasteiger partial charge in [0, 0.05) is 0 Å². The Labute approximate surface area is 156 Å². The third-order valence-corrected chi connectivity index (χ3v) is 5.70. The Morgan fingerprint density at radius 2 is 1.58 bits per heavy atom. The van der Waals surface area contributed by atoms with Gasteiger partial charge >= 0.3 is 5.97 Å². The minimum Gasteiger partial charge on any atom is -0.460 e. The maximum absolute atomic E-state index is 12.8. The van der Waals surface area contributed by atoms with Crippen molar-refractivity contribution < 1.29 is 17.9 Å². The van der Waals surface area contributed by atoms with Crippen LogP contribution in [0.4, 0.5) is 0 Å². The van der Waals surface area contributed by atoms with E-state index >= 15 is 0 Å². The summed E-state index contributed by atoms with van der Waals surface area (Å²) in [6.45, 7) is 7.23. The predicted molar refractivity (Wildman–Crippen MR) is 103 cm³/mol. The highest BCUT2D eigenvalue weighted by Crippen LogP contribution is 2.21. The molecule has 0 aliphatic carbocycles. The van der Waals surface area contributed by atoms with Crippen LogP contribution in [0.25, 0.3) is 0 Å². The number of esters is 1. The van der Waals surface area contributed by atoms with Gasteiger partial charge in [0.25, 0.3) is 0 Å². The molecule has 0 fully saturated rings. The van der Waals surface area contributed by atoms with Crippen molar-refractivity contribution in [3.63, 3.8) is 0 Å². The van der Waals surface area contributed by atoms with Gasteiger partial charge < -0.3 is 4.74 Å². The van der Waals surface area contributed by atoms with Crippen LogP contribution in [-0.2, 0) is 25.8 Å². The lowest BCUT2D eigenvalue weighted by Gasteiger charge is -2.24. The number of sulfone groups is 1. The topological polar surface area (TPSA) is 60.4 Å². The Morgan fingerprint density at radius 1 is 1.00 bits per heavy atom. The van der Waals surface area contributed by atoms with Crippen molar-refractivity contribution >= 4 is 15.8 Å². The summed E-state index contributed by atoms with van der Waals surface area (Å²) in [6.07, 6.45) is 0.320. The van der Waals surface area contributed by atoms with Crippen molar-refractivity contribution in [2.45, 2.75) is 44.6 Å². The minimum atomic E-state index is -3.60. The highest BCUT2D eigenvalue weighted by atomic mass is 32.2. The molecular weight excluding hydrogens is 348 g/mol. The van der Waals surface area contributed by atoms with Gasteiger partial charge in [0.2, 0.25) is 0 Å². The van der Waals surface area contributed by atoms with Crippen LogP contribution in [0.15, 0.2) is 59.5 Å². The van der Waals surface area contributed by atoms with Gasteiger partial charge in [-0.2, -0.15) is 0 Å². The van der Waals surface area contributed by atoms with Crippen molar-refractivity contribution in [3.8, 4) is 0 Å². The lowest BCUT2D eigenvalue weighted by molar-refractivity contribution is -0.159. The number of hydrogen-bond acceptors (Lipinski definition) is 4. The molecule has 0 aliphatic heterocycles. The van der Waals surface area contributed by atoms with Gasteiger partial charge in [0.15, 0.2) is 9.84 Å². The largest absolute Gasteiger partial charge is 0.460 e. The highest BCUT2D eigenvalue weighted by Gasteiger charge is 2.30. The maximum atomic E-state index is 12.8. The molecule has 2 aromatic rings. The Morgan fingerprint density at radius 3 is 2.12 bits per heavy atom. The zero-order valence-corrected chi connectivity index (χ0v) is 16.5. The first-order chi connectivity index (χ1) is 12.1. The van der Waals surface area contributed by atoms with E-state index in [1.165, 1.54) is 0 Å². The average molecular weight is 375 g/mol. The Hall–Kier alpha value is -2.14. The molecule has 1 unspecified atom stereocenters. The molecule has 26 heavy (non-hydrogen) atoms. The second-order valence-electron chi connectivity index (χ2n) is 7.51. The van der Waals surface area contributed by atoms with E-state index in [1.807, 2.05) is 37.3 Å².